The van der Waals surface area contributed by atoms with E-state index in [1.54, 1.807) is 19.3 Å². The molecule has 2 rings (SSSR count). The molecule has 1 aromatic rings. The number of carbonyl (C=O) groups is 1. The van der Waals surface area contributed by atoms with E-state index in [9.17, 15) is 9.90 Å². The van der Waals surface area contributed by atoms with Gasteiger partial charge in [-0.15, -0.1) is 0 Å². The Balaban J connectivity index is 2.16. The number of rotatable bonds is 2. The van der Waals surface area contributed by atoms with Crippen LogP contribution in [0, 0.1) is 5.92 Å². The molecule has 0 aromatic carbocycles. The molecule has 0 radical (unpaired) electrons. The summed E-state index contributed by atoms with van der Waals surface area (Å²) in [7, 11) is 1.59. The van der Waals surface area contributed by atoms with Gasteiger partial charge in [-0.25, -0.2) is 0 Å². The first-order chi connectivity index (χ1) is 8.61. The molecular weight excluding hydrogens is 230 g/mol. The number of nitrogens with zero attached hydrogens (tertiary/aromatic N) is 2. The maximum Gasteiger partial charge on any atom is 0.269 e. The summed E-state index contributed by atoms with van der Waals surface area (Å²) in [5.74, 6) is 0.0670. The lowest BCUT2D eigenvalue weighted by molar-refractivity contribution is 0.0953. The molecule has 0 saturated carbocycles. The van der Waals surface area contributed by atoms with Gasteiger partial charge in [0.15, 0.2) is 0 Å². The maximum absolute atomic E-state index is 11.5. The van der Waals surface area contributed by atoms with Gasteiger partial charge in [0.1, 0.15) is 5.69 Å². The molecule has 1 saturated heterocycles. The maximum atomic E-state index is 11.5. The fourth-order valence-electron chi connectivity index (χ4n) is 2.24. The first-order valence-electron chi connectivity index (χ1n) is 6.23. The van der Waals surface area contributed by atoms with Crippen LogP contribution in [-0.2, 0) is 0 Å². The first-order valence-corrected chi connectivity index (χ1v) is 6.23. The third-order valence-electron chi connectivity index (χ3n) is 3.43. The van der Waals surface area contributed by atoms with Crippen LogP contribution in [0.1, 0.15) is 23.8 Å². The minimum absolute atomic E-state index is 0.179. The molecule has 1 aliphatic heterocycles. The van der Waals surface area contributed by atoms with E-state index >= 15 is 0 Å². The van der Waals surface area contributed by atoms with E-state index in [0.717, 1.165) is 25.2 Å². The van der Waals surface area contributed by atoms with E-state index in [-0.39, 0.29) is 17.9 Å². The lowest BCUT2D eigenvalue weighted by atomic mass is 9.96. The number of nitrogens with one attached hydrogen (secondary N) is 1. The van der Waals surface area contributed by atoms with Gasteiger partial charge in [-0.3, -0.25) is 9.78 Å². The number of piperidine rings is 1. The molecule has 5 nitrogen and oxygen atoms in total. The van der Waals surface area contributed by atoms with Crippen LogP contribution in [0.2, 0.25) is 0 Å². The summed E-state index contributed by atoms with van der Waals surface area (Å²) in [6.07, 6.45) is 2.19. The largest absolute Gasteiger partial charge is 0.393 e. The van der Waals surface area contributed by atoms with Crippen LogP contribution in [0.5, 0.6) is 0 Å². The van der Waals surface area contributed by atoms with E-state index < -0.39 is 0 Å². The third-order valence-corrected chi connectivity index (χ3v) is 3.43. The third kappa shape index (κ3) is 2.61. The van der Waals surface area contributed by atoms with Crippen molar-refractivity contribution in [3.63, 3.8) is 0 Å². The Labute approximate surface area is 107 Å². The van der Waals surface area contributed by atoms with E-state index in [1.807, 2.05) is 13.0 Å². The van der Waals surface area contributed by atoms with Crippen LogP contribution in [0.3, 0.4) is 0 Å². The quantitative estimate of drug-likeness (QED) is 0.807. The normalized spacial score (nSPS) is 23.8. The van der Waals surface area contributed by atoms with Gasteiger partial charge in [0.2, 0.25) is 0 Å². The van der Waals surface area contributed by atoms with Crippen molar-refractivity contribution < 1.29 is 9.90 Å². The van der Waals surface area contributed by atoms with Crippen molar-refractivity contribution in [2.75, 3.05) is 25.0 Å². The number of pyridine rings is 1. The SMILES string of the molecule is CNC(=O)c1cc(N2CCC(O)C(C)C2)ccn1. The summed E-state index contributed by atoms with van der Waals surface area (Å²) >= 11 is 0. The smallest absolute Gasteiger partial charge is 0.269 e. The highest BCUT2D eigenvalue weighted by Gasteiger charge is 2.24. The van der Waals surface area contributed by atoms with Crippen LogP contribution < -0.4 is 10.2 Å². The van der Waals surface area contributed by atoms with Gasteiger partial charge in [0, 0.05) is 32.0 Å². The molecular formula is C13H19N3O2. The summed E-state index contributed by atoms with van der Waals surface area (Å²) in [6.45, 7) is 3.65. The van der Waals surface area contributed by atoms with E-state index in [0.29, 0.717) is 5.69 Å². The Morgan fingerprint density at radius 1 is 1.61 bits per heavy atom. The van der Waals surface area contributed by atoms with Crippen LogP contribution in [0.25, 0.3) is 0 Å². The van der Waals surface area contributed by atoms with Gasteiger partial charge in [0.25, 0.3) is 5.91 Å². The summed E-state index contributed by atoms with van der Waals surface area (Å²) in [5, 5.41) is 12.3. The summed E-state index contributed by atoms with van der Waals surface area (Å²) in [6, 6.07) is 3.69. The fraction of sp³-hybridized carbons (Fsp3) is 0.538. The Bertz CT molecular complexity index is 436. The molecule has 1 aliphatic rings. The Kier molecular flexibility index (Phi) is 3.81. The zero-order chi connectivity index (χ0) is 13.1. The second kappa shape index (κ2) is 5.35. The van der Waals surface area contributed by atoms with Crippen molar-refractivity contribution >= 4 is 11.6 Å². The molecule has 1 amide bonds. The molecule has 2 atom stereocenters. The molecule has 1 fully saturated rings. The summed E-state index contributed by atoms with van der Waals surface area (Å²) < 4.78 is 0. The van der Waals surface area contributed by atoms with Crippen molar-refractivity contribution in [3.8, 4) is 0 Å². The number of aliphatic hydroxyl groups is 1. The van der Waals surface area contributed by atoms with Crippen molar-refractivity contribution in [2.24, 2.45) is 5.92 Å². The van der Waals surface area contributed by atoms with Gasteiger partial charge in [0.05, 0.1) is 6.10 Å². The lowest BCUT2D eigenvalue weighted by Crippen LogP contribution is -2.42. The zero-order valence-electron chi connectivity index (χ0n) is 10.8. The number of hydrogen-bond donors (Lipinski definition) is 2. The molecule has 2 N–H and O–H groups in total. The topological polar surface area (TPSA) is 65.5 Å². The standard InChI is InChI=1S/C13H19N3O2/c1-9-8-16(6-4-12(9)17)10-3-5-15-11(7-10)13(18)14-2/h3,5,7,9,12,17H,4,6,8H2,1-2H3,(H,14,18). The molecule has 5 heteroatoms. The fourth-order valence-corrected chi connectivity index (χ4v) is 2.24. The minimum atomic E-state index is -0.221. The van der Waals surface area contributed by atoms with E-state index in [1.165, 1.54) is 0 Å². The minimum Gasteiger partial charge on any atom is -0.393 e. The average molecular weight is 249 g/mol. The second-order valence-electron chi connectivity index (χ2n) is 4.76. The van der Waals surface area contributed by atoms with Crippen molar-refractivity contribution in [1.82, 2.24) is 10.3 Å². The lowest BCUT2D eigenvalue weighted by Gasteiger charge is -2.36. The second-order valence-corrected chi connectivity index (χ2v) is 4.76. The number of hydrogen-bond acceptors (Lipinski definition) is 4. The number of anilines is 1. The van der Waals surface area contributed by atoms with Gasteiger partial charge in [-0.05, 0) is 24.5 Å². The summed E-state index contributed by atoms with van der Waals surface area (Å²) in [4.78, 5) is 17.8. The average Bonchev–Trinajstić information content (AvgIpc) is 2.41. The molecule has 0 bridgehead atoms. The van der Waals surface area contributed by atoms with Crippen molar-refractivity contribution in [2.45, 2.75) is 19.4 Å². The Hall–Kier alpha value is -1.62. The molecule has 2 unspecified atom stereocenters. The number of carbonyl (C=O) groups excluding carboxylic acids is 1. The van der Waals surface area contributed by atoms with Crippen molar-refractivity contribution in [3.05, 3.63) is 24.0 Å². The van der Waals surface area contributed by atoms with Crippen molar-refractivity contribution in [1.29, 1.82) is 0 Å². The van der Waals surface area contributed by atoms with Crippen LogP contribution in [0.4, 0.5) is 5.69 Å². The monoisotopic (exact) mass is 249 g/mol. The highest BCUT2D eigenvalue weighted by molar-refractivity contribution is 5.92. The van der Waals surface area contributed by atoms with Crippen LogP contribution in [0.15, 0.2) is 18.3 Å². The van der Waals surface area contributed by atoms with Crippen LogP contribution >= 0.6 is 0 Å². The molecule has 0 aliphatic carbocycles. The van der Waals surface area contributed by atoms with Gasteiger partial charge in [-0.2, -0.15) is 0 Å². The summed E-state index contributed by atoms with van der Waals surface area (Å²) in [5.41, 5.74) is 1.41. The van der Waals surface area contributed by atoms with E-state index in [2.05, 4.69) is 15.2 Å². The first kappa shape index (κ1) is 12.8. The van der Waals surface area contributed by atoms with Gasteiger partial charge >= 0.3 is 0 Å². The number of aromatic nitrogens is 1. The molecule has 98 valence electrons. The van der Waals surface area contributed by atoms with Crippen LogP contribution in [-0.4, -0.2) is 42.2 Å². The molecule has 0 spiro atoms. The van der Waals surface area contributed by atoms with E-state index in [4.69, 9.17) is 0 Å². The highest BCUT2D eigenvalue weighted by atomic mass is 16.3. The molecule has 1 aromatic heterocycles. The molecule has 2 heterocycles. The predicted molar refractivity (Wildman–Crippen MR) is 69.6 cm³/mol. The zero-order valence-corrected chi connectivity index (χ0v) is 10.8. The Morgan fingerprint density at radius 2 is 2.39 bits per heavy atom. The number of amides is 1. The predicted octanol–water partition coefficient (Wildman–Crippen LogP) is 0.648. The molecule has 18 heavy (non-hydrogen) atoms. The van der Waals surface area contributed by atoms with Gasteiger partial charge in [-0.1, -0.05) is 6.92 Å². The number of aliphatic hydroxyl groups excluding tert-OH is 1. The van der Waals surface area contributed by atoms with Gasteiger partial charge < -0.3 is 15.3 Å². The Morgan fingerprint density at radius 3 is 3.06 bits per heavy atom. The highest BCUT2D eigenvalue weighted by Crippen LogP contribution is 2.23.